The highest BCUT2D eigenvalue weighted by molar-refractivity contribution is 6.11. The fourth-order valence-electron chi connectivity index (χ4n) is 3.80. The molecule has 0 bridgehead atoms. The number of fused-ring (bicyclic) bond motifs is 1. The maximum Gasteiger partial charge on any atom is 0.280 e. The maximum atomic E-state index is 13.3. The molecule has 0 aliphatic carbocycles. The Hall–Kier alpha value is -3.84. The van der Waals surface area contributed by atoms with Gasteiger partial charge in [0.1, 0.15) is 0 Å². The Labute approximate surface area is 172 Å². The standard InChI is InChI=1S/C23H18N2O5/c26-21(17-10-4-6-12-19(17)25(29)30)14-23(28)18-11-5-7-13-20(18)24(22(23)27)15-16-8-2-1-3-9-16/h1-13,28H,14-15H2. The molecule has 4 rings (SSSR count). The first kappa shape index (κ1) is 19.5. The van der Waals surface area contributed by atoms with E-state index in [1.165, 1.54) is 29.2 Å². The summed E-state index contributed by atoms with van der Waals surface area (Å²) in [6.45, 7) is 0.235. The number of hydrogen-bond donors (Lipinski definition) is 1. The smallest absolute Gasteiger partial charge is 0.280 e. The first-order valence-corrected chi connectivity index (χ1v) is 9.36. The molecule has 0 saturated heterocycles. The molecule has 1 N–H and O–H groups in total. The number of aliphatic hydroxyl groups is 1. The number of carbonyl (C=O) groups is 2. The molecule has 1 amide bonds. The summed E-state index contributed by atoms with van der Waals surface area (Å²) < 4.78 is 0. The van der Waals surface area contributed by atoms with Gasteiger partial charge in [-0.05, 0) is 17.7 Å². The zero-order chi connectivity index (χ0) is 21.3. The number of rotatable bonds is 6. The highest BCUT2D eigenvalue weighted by Gasteiger charge is 2.51. The lowest BCUT2D eigenvalue weighted by Crippen LogP contribution is -2.41. The van der Waals surface area contributed by atoms with Crippen LogP contribution in [0.1, 0.15) is 27.9 Å². The van der Waals surface area contributed by atoms with Crippen LogP contribution >= 0.6 is 0 Å². The highest BCUT2D eigenvalue weighted by atomic mass is 16.6. The van der Waals surface area contributed by atoms with E-state index in [2.05, 4.69) is 0 Å². The molecule has 1 aliphatic heterocycles. The van der Waals surface area contributed by atoms with Gasteiger partial charge in [0.05, 0.1) is 29.1 Å². The summed E-state index contributed by atoms with van der Waals surface area (Å²) in [5, 5.41) is 22.6. The molecule has 150 valence electrons. The van der Waals surface area contributed by atoms with Gasteiger partial charge in [0, 0.05) is 11.6 Å². The van der Waals surface area contributed by atoms with Crippen molar-refractivity contribution in [2.45, 2.75) is 18.6 Å². The lowest BCUT2D eigenvalue weighted by atomic mass is 9.88. The Morgan fingerprint density at radius 3 is 2.33 bits per heavy atom. The number of para-hydroxylation sites is 2. The third kappa shape index (κ3) is 3.25. The summed E-state index contributed by atoms with van der Waals surface area (Å²) >= 11 is 0. The first-order valence-electron chi connectivity index (χ1n) is 9.36. The average Bonchev–Trinajstić information content (AvgIpc) is 2.96. The first-order chi connectivity index (χ1) is 14.4. The van der Waals surface area contributed by atoms with Crippen LogP contribution in [-0.4, -0.2) is 21.7 Å². The quantitative estimate of drug-likeness (QED) is 0.386. The molecule has 0 aromatic heterocycles. The summed E-state index contributed by atoms with van der Waals surface area (Å²) in [5.74, 6) is -1.30. The van der Waals surface area contributed by atoms with Gasteiger partial charge in [0.25, 0.3) is 11.6 Å². The molecule has 0 spiro atoms. The lowest BCUT2D eigenvalue weighted by molar-refractivity contribution is -0.385. The van der Waals surface area contributed by atoms with Crippen LogP contribution in [0.15, 0.2) is 78.9 Å². The van der Waals surface area contributed by atoms with Crippen LogP contribution in [0.3, 0.4) is 0 Å². The molecule has 0 fully saturated rings. The summed E-state index contributed by atoms with van der Waals surface area (Å²) in [6, 6.07) is 21.6. The Balaban J connectivity index is 1.70. The Morgan fingerprint density at radius 1 is 0.967 bits per heavy atom. The van der Waals surface area contributed by atoms with Crippen molar-refractivity contribution in [2.75, 3.05) is 4.90 Å². The highest BCUT2D eigenvalue weighted by Crippen LogP contribution is 2.43. The molecular formula is C23H18N2O5. The normalized spacial score (nSPS) is 17.6. The van der Waals surface area contributed by atoms with Crippen molar-refractivity contribution >= 4 is 23.1 Å². The number of amides is 1. The second-order valence-corrected chi connectivity index (χ2v) is 7.13. The van der Waals surface area contributed by atoms with Crippen LogP contribution in [-0.2, 0) is 16.9 Å². The van der Waals surface area contributed by atoms with E-state index < -0.39 is 28.6 Å². The predicted octanol–water partition coefficient (Wildman–Crippen LogP) is 3.60. The second kappa shape index (κ2) is 7.53. The number of anilines is 1. The number of ketones is 1. The summed E-state index contributed by atoms with van der Waals surface area (Å²) in [5.41, 5.74) is -0.877. The fraction of sp³-hybridized carbons (Fsp3) is 0.130. The minimum Gasteiger partial charge on any atom is -0.375 e. The molecular weight excluding hydrogens is 384 g/mol. The number of Topliss-reactive ketones (excluding diaryl/α,β-unsaturated/α-hetero) is 1. The number of nitro groups is 1. The van der Waals surface area contributed by atoms with Crippen molar-refractivity contribution in [1.29, 1.82) is 0 Å². The Morgan fingerprint density at radius 2 is 1.60 bits per heavy atom. The summed E-state index contributed by atoms with van der Waals surface area (Å²) in [7, 11) is 0. The minimum absolute atomic E-state index is 0.136. The van der Waals surface area contributed by atoms with Gasteiger partial charge in [-0.3, -0.25) is 19.7 Å². The zero-order valence-electron chi connectivity index (χ0n) is 15.9. The molecule has 1 unspecified atom stereocenters. The molecule has 0 radical (unpaired) electrons. The number of nitrogens with zero attached hydrogens (tertiary/aromatic N) is 2. The van der Waals surface area contributed by atoms with Gasteiger partial charge in [0.15, 0.2) is 11.4 Å². The molecule has 1 aliphatic rings. The van der Waals surface area contributed by atoms with Gasteiger partial charge in [-0.1, -0.05) is 60.7 Å². The summed E-state index contributed by atoms with van der Waals surface area (Å²) in [4.78, 5) is 38.2. The number of nitro benzene ring substituents is 1. The monoisotopic (exact) mass is 402 g/mol. The Kier molecular flexibility index (Phi) is 4.89. The van der Waals surface area contributed by atoms with Gasteiger partial charge in [-0.2, -0.15) is 0 Å². The van der Waals surface area contributed by atoms with Gasteiger partial charge >= 0.3 is 0 Å². The van der Waals surface area contributed by atoms with E-state index in [0.717, 1.165) is 5.56 Å². The minimum atomic E-state index is -2.09. The van der Waals surface area contributed by atoms with Crippen molar-refractivity contribution in [1.82, 2.24) is 0 Å². The molecule has 7 nitrogen and oxygen atoms in total. The molecule has 1 atom stereocenters. The fourth-order valence-corrected chi connectivity index (χ4v) is 3.80. The second-order valence-electron chi connectivity index (χ2n) is 7.13. The maximum absolute atomic E-state index is 13.3. The van der Waals surface area contributed by atoms with Crippen molar-refractivity contribution in [3.8, 4) is 0 Å². The third-order valence-corrected chi connectivity index (χ3v) is 5.24. The van der Waals surface area contributed by atoms with Crippen LogP contribution in [0.2, 0.25) is 0 Å². The number of benzene rings is 3. The van der Waals surface area contributed by atoms with E-state index in [1.807, 2.05) is 30.3 Å². The summed E-state index contributed by atoms with van der Waals surface area (Å²) in [6.07, 6.45) is -0.584. The van der Waals surface area contributed by atoms with Crippen LogP contribution in [0, 0.1) is 10.1 Å². The molecule has 0 saturated carbocycles. The SMILES string of the molecule is O=C(CC1(O)C(=O)N(Cc2ccccc2)c2ccccc21)c1ccccc1[N+](=O)[O-]. The lowest BCUT2D eigenvalue weighted by Gasteiger charge is -2.23. The third-order valence-electron chi connectivity index (χ3n) is 5.24. The molecule has 3 aromatic carbocycles. The van der Waals surface area contributed by atoms with Gasteiger partial charge < -0.3 is 10.0 Å². The van der Waals surface area contributed by atoms with Crippen LogP contribution in [0.4, 0.5) is 11.4 Å². The molecule has 3 aromatic rings. The molecule has 30 heavy (non-hydrogen) atoms. The van der Waals surface area contributed by atoms with E-state index >= 15 is 0 Å². The van der Waals surface area contributed by atoms with Crippen LogP contribution in [0.5, 0.6) is 0 Å². The van der Waals surface area contributed by atoms with E-state index in [9.17, 15) is 24.8 Å². The number of hydrogen-bond acceptors (Lipinski definition) is 5. The van der Waals surface area contributed by atoms with Crippen molar-refractivity contribution < 1.29 is 19.6 Å². The van der Waals surface area contributed by atoms with Gasteiger partial charge in [-0.15, -0.1) is 0 Å². The largest absolute Gasteiger partial charge is 0.375 e. The van der Waals surface area contributed by atoms with E-state index in [0.29, 0.717) is 11.3 Å². The number of carbonyl (C=O) groups excluding carboxylic acids is 2. The van der Waals surface area contributed by atoms with E-state index in [-0.39, 0.29) is 17.8 Å². The van der Waals surface area contributed by atoms with Crippen LogP contribution < -0.4 is 4.90 Å². The van der Waals surface area contributed by atoms with Crippen molar-refractivity contribution in [3.05, 3.63) is 106 Å². The average molecular weight is 402 g/mol. The van der Waals surface area contributed by atoms with Gasteiger partial charge in [0.2, 0.25) is 0 Å². The van der Waals surface area contributed by atoms with Crippen molar-refractivity contribution in [2.24, 2.45) is 0 Å². The topological polar surface area (TPSA) is 101 Å². The predicted molar refractivity (Wildman–Crippen MR) is 110 cm³/mol. The van der Waals surface area contributed by atoms with E-state index in [4.69, 9.17) is 0 Å². The van der Waals surface area contributed by atoms with Crippen molar-refractivity contribution in [3.63, 3.8) is 0 Å². The molecule has 7 heteroatoms. The van der Waals surface area contributed by atoms with E-state index in [1.54, 1.807) is 24.3 Å². The van der Waals surface area contributed by atoms with Crippen LogP contribution in [0.25, 0.3) is 0 Å². The van der Waals surface area contributed by atoms with Gasteiger partial charge in [-0.25, -0.2) is 0 Å². The Bertz CT molecular complexity index is 1150. The zero-order valence-corrected chi connectivity index (χ0v) is 15.9. The molecule has 1 heterocycles.